The average Bonchev–Trinajstić information content (AvgIpc) is 2.94. The van der Waals surface area contributed by atoms with Crippen molar-refractivity contribution in [2.75, 3.05) is 20.3 Å². The standard InChI is InChI=1S/C31H31BrClN3O4/c1-7-13-40-29-26(38-6)15-20(27(32)28(29)33)17-34-36-30(35-24-12-10-9-11-21(24)31(36)37)23-16-22(18(3)4)25(39-8-2)14-19(23)5/h7,9-12,14-18H,1,8,13H2,2-6H3. The van der Waals surface area contributed by atoms with E-state index in [1.807, 2.05) is 38.1 Å². The van der Waals surface area contributed by atoms with Gasteiger partial charge in [0.1, 0.15) is 17.4 Å². The van der Waals surface area contributed by atoms with Gasteiger partial charge in [0.15, 0.2) is 17.3 Å². The molecule has 0 aliphatic rings. The molecule has 0 atom stereocenters. The molecule has 40 heavy (non-hydrogen) atoms. The van der Waals surface area contributed by atoms with E-state index >= 15 is 0 Å². The Morgan fingerprint density at radius 3 is 2.60 bits per heavy atom. The van der Waals surface area contributed by atoms with Crippen molar-refractivity contribution in [3.05, 3.63) is 91.7 Å². The number of rotatable bonds is 10. The van der Waals surface area contributed by atoms with Crippen molar-refractivity contribution in [3.63, 3.8) is 0 Å². The summed E-state index contributed by atoms with van der Waals surface area (Å²) in [7, 11) is 1.53. The summed E-state index contributed by atoms with van der Waals surface area (Å²) in [6.45, 7) is 12.6. The molecule has 0 saturated carbocycles. The van der Waals surface area contributed by atoms with Gasteiger partial charge in [-0.3, -0.25) is 4.79 Å². The lowest BCUT2D eigenvalue weighted by Gasteiger charge is -2.18. The van der Waals surface area contributed by atoms with Crippen LogP contribution >= 0.6 is 27.5 Å². The molecule has 9 heteroatoms. The van der Waals surface area contributed by atoms with Crippen molar-refractivity contribution in [3.8, 4) is 28.6 Å². The van der Waals surface area contributed by atoms with Gasteiger partial charge in [-0.2, -0.15) is 9.78 Å². The summed E-state index contributed by atoms with van der Waals surface area (Å²) < 4.78 is 19.0. The number of benzene rings is 3. The van der Waals surface area contributed by atoms with Gasteiger partial charge in [-0.05, 0) is 77.2 Å². The van der Waals surface area contributed by atoms with Crippen LogP contribution in [0.2, 0.25) is 5.02 Å². The molecule has 0 radical (unpaired) electrons. The second-order valence-corrected chi connectivity index (χ2v) is 10.5. The molecule has 0 N–H and O–H groups in total. The van der Waals surface area contributed by atoms with Gasteiger partial charge >= 0.3 is 0 Å². The van der Waals surface area contributed by atoms with E-state index in [9.17, 15) is 4.79 Å². The summed E-state index contributed by atoms with van der Waals surface area (Å²) in [5, 5.41) is 5.40. The fraction of sp³-hybridized carbons (Fsp3) is 0.258. The van der Waals surface area contributed by atoms with Crippen molar-refractivity contribution < 1.29 is 14.2 Å². The second-order valence-electron chi connectivity index (χ2n) is 9.33. The highest BCUT2D eigenvalue weighted by Gasteiger charge is 2.20. The van der Waals surface area contributed by atoms with Gasteiger partial charge in [0.2, 0.25) is 0 Å². The zero-order chi connectivity index (χ0) is 29.0. The maximum Gasteiger partial charge on any atom is 0.282 e. The smallest absolute Gasteiger partial charge is 0.282 e. The molecule has 4 rings (SSSR count). The van der Waals surface area contributed by atoms with E-state index < -0.39 is 0 Å². The molecule has 0 unspecified atom stereocenters. The second kappa shape index (κ2) is 12.7. The number of aryl methyl sites for hydroxylation is 1. The van der Waals surface area contributed by atoms with Gasteiger partial charge < -0.3 is 14.2 Å². The predicted molar refractivity (Wildman–Crippen MR) is 166 cm³/mol. The molecule has 3 aromatic carbocycles. The summed E-state index contributed by atoms with van der Waals surface area (Å²) in [5.74, 6) is 2.23. The van der Waals surface area contributed by atoms with Crippen LogP contribution in [0.3, 0.4) is 0 Å². The fourth-order valence-corrected chi connectivity index (χ4v) is 4.98. The van der Waals surface area contributed by atoms with Gasteiger partial charge in [0, 0.05) is 15.6 Å². The average molecular weight is 625 g/mol. The number of para-hydroxylation sites is 1. The molecular formula is C31H31BrClN3O4. The monoisotopic (exact) mass is 623 g/mol. The molecule has 0 amide bonds. The van der Waals surface area contributed by atoms with Gasteiger partial charge in [-0.15, -0.1) is 0 Å². The van der Waals surface area contributed by atoms with Crippen molar-refractivity contribution in [1.29, 1.82) is 0 Å². The van der Waals surface area contributed by atoms with Crippen LogP contribution in [-0.4, -0.2) is 36.2 Å². The van der Waals surface area contributed by atoms with E-state index in [-0.39, 0.29) is 18.1 Å². The molecule has 4 aromatic rings. The summed E-state index contributed by atoms with van der Waals surface area (Å²) in [5.41, 5.74) is 3.60. The summed E-state index contributed by atoms with van der Waals surface area (Å²) in [6, 6.07) is 13.0. The molecule has 1 heterocycles. The largest absolute Gasteiger partial charge is 0.494 e. The molecule has 0 saturated heterocycles. The first kappa shape index (κ1) is 29.4. The van der Waals surface area contributed by atoms with Crippen LogP contribution in [-0.2, 0) is 0 Å². The minimum atomic E-state index is -0.295. The zero-order valence-corrected chi connectivity index (χ0v) is 25.5. The van der Waals surface area contributed by atoms with Crippen LogP contribution < -0.4 is 19.8 Å². The lowest BCUT2D eigenvalue weighted by Crippen LogP contribution is -2.21. The van der Waals surface area contributed by atoms with Crippen LogP contribution in [0.4, 0.5) is 0 Å². The number of methoxy groups -OCH3 is 1. The van der Waals surface area contributed by atoms with Crippen molar-refractivity contribution in [2.24, 2.45) is 5.10 Å². The minimum absolute atomic E-state index is 0.192. The van der Waals surface area contributed by atoms with Gasteiger partial charge in [-0.25, -0.2) is 4.98 Å². The molecule has 0 fully saturated rings. The zero-order valence-electron chi connectivity index (χ0n) is 23.1. The number of hydrogen-bond acceptors (Lipinski definition) is 6. The van der Waals surface area contributed by atoms with Crippen LogP contribution in [0.1, 0.15) is 43.4 Å². The van der Waals surface area contributed by atoms with E-state index in [1.54, 1.807) is 30.5 Å². The topological polar surface area (TPSA) is 74.9 Å². The number of nitrogens with zero attached hydrogens (tertiary/aromatic N) is 3. The Labute approximate surface area is 247 Å². The van der Waals surface area contributed by atoms with E-state index in [0.717, 1.165) is 22.4 Å². The Kier molecular flexibility index (Phi) is 9.32. The van der Waals surface area contributed by atoms with Crippen LogP contribution in [0, 0.1) is 6.92 Å². The lowest BCUT2D eigenvalue weighted by atomic mass is 9.96. The number of ether oxygens (including phenoxy) is 3. The number of fused-ring (bicyclic) bond motifs is 1. The quantitative estimate of drug-likeness (QED) is 0.133. The summed E-state index contributed by atoms with van der Waals surface area (Å²) >= 11 is 10.1. The summed E-state index contributed by atoms with van der Waals surface area (Å²) in [6.07, 6.45) is 3.16. The molecule has 7 nitrogen and oxygen atoms in total. The van der Waals surface area contributed by atoms with E-state index in [2.05, 4.69) is 41.5 Å². The Morgan fingerprint density at radius 1 is 1.18 bits per heavy atom. The lowest BCUT2D eigenvalue weighted by molar-refractivity contribution is 0.326. The third kappa shape index (κ3) is 5.78. The van der Waals surface area contributed by atoms with Crippen molar-refractivity contribution in [2.45, 2.75) is 33.6 Å². The van der Waals surface area contributed by atoms with Crippen LogP contribution in [0.15, 0.2) is 69.5 Å². The molecule has 208 valence electrons. The predicted octanol–water partition coefficient (Wildman–Crippen LogP) is 7.77. The first-order chi connectivity index (χ1) is 19.2. The maximum absolute atomic E-state index is 13.8. The van der Waals surface area contributed by atoms with E-state index in [1.165, 1.54) is 11.8 Å². The Morgan fingerprint density at radius 2 is 1.93 bits per heavy atom. The Hall–Kier alpha value is -3.62. The molecule has 0 bridgehead atoms. The number of hydrogen-bond donors (Lipinski definition) is 0. The molecule has 0 aliphatic carbocycles. The van der Waals surface area contributed by atoms with E-state index in [0.29, 0.717) is 49.9 Å². The highest BCUT2D eigenvalue weighted by Crippen LogP contribution is 2.42. The summed E-state index contributed by atoms with van der Waals surface area (Å²) in [4.78, 5) is 18.7. The Balaban J connectivity index is 1.95. The first-order valence-electron chi connectivity index (χ1n) is 12.8. The first-order valence-corrected chi connectivity index (χ1v) is 14.0. The van der Waals surface area contributed by atoms with Crippen molar-refractivity contribution in [1.82, 2.24) is 9.66 Å². The molecule has 1 aromatic heterocycles. The van der Waals surface area contributed by atoms with Gasteiger partial charge in [0.25, 0.3) is 5.56 Å². The fourth-order valence-electron chi connectivity index (χ4n) is 4.32. The highest BCUT2D eigenvalue weighted by molar-refractivity contribution is 9.10. The van der Waals surface area contributed by atoms with Gasteiger partial charge in [0.05, 0.1) is 30.8 Å². The van der Waals surface area contributed by atoms with E-state index in [4.69, 9.17) is 30.8 Å². The number of aromatic nitrogens is 2. The maximum atomic E-state index is 13.8. The minimum Gasteiger partial charge on any atom is -0.494 e. The van der Waals surface area contributed by atoms with Gasteiger partial charge in [-0.1, -0.05) is 50.2 Å². The molecular weight excluding hydrogens is 594 g/mol. The van der Waals surface area contributed by atoms with Crippen LogP contribution in [0.25, 0.3) is 22.3 Å². The third-order valence-corrected chi connectivity index (χ3v) is 7.75. The normalized spacial score (nSPS) is 11.4. The van der Waals surface area contributed by atoms with Crippen molar-refractivity contribution >= 4 is 44.6 Å². The van der Waals surface area contributed by atoms with Crippen LogP contribution in [0.5, 0.6) is 17.2 Å². The highest BCUT2D eigenvalue weighted by atomic mass is 79.9. The SMILES string of the molecule is C=CCOc1c(OC)cc(C=Nn2c(-c3cc(C(C)C)c(OCC)cc3C)nc3ccccc3c2=O)c(Br)c1Cl. The molecule has 0 spiro atoms. The number of halogens is 2. The third-order valence-electron chi connectivity index (χ3n) is 6.31. The Bertz CT molecular complexity index is 1660. The molecule has 0 aliphatic heterocycles.